The lowest BCUT2D eigenvalue weighted by molar-refractivity contribution is -2.00. The van der Waals surface area contributed by atoms with Crippen molar-refractivity contribution in [1.29, 1.82) is 0 Å². The van der Waals surface area contributed by atoms with Gasteiger partial charge in [0.25, 0.3) is 0 Å². The average molecular weight is 349 g/mol. The van der Waals surface area contributed by atoms with E-state index < -0.39 is 10.2 Å². The smallest absolute Gasteiger partial charge is 0.222 e. The summed E-state index contributed by atoms with van der Waals surface area (Å²) in [6.45, 7) is 3.85. The van der Waals surface area contributed by atoms with Crippen LogP contribution in [0.25, 0.3) is 0 Å². The number of amides is 1. The van der Waals surface area contributed by atoms with Gasteiger partial charge in [-0.3, -0.25) is 4.79 Å². The van der Waals surface area contributed by atoms with Crippen molar-refractivity contribution in [3.8, 4) is 0 Å². The lowest BCUT2D eigenvalue weighted by atomic mass is 9.71. The molecule has 4 rings (SSSR count). The first-order chi connectivity index (χ1) is 10.8. The van der Waals surface area contributed by atoms with Crippen molar-refractivity contribution in [3.63, 3.8) is 0 Å². The number of quaternary nitrogens is 1. The molecule has 8 heteroatoms. The van der Waals surface area contributed by atoms with E-state index in [4.69, 9.17) is 18.6 Å². The average Bonchev–Trinajstić information content (AvgIpc) is 2.47. The van der Waals surface area contributed by atoms with E-state index in [-0.39, 0.29) is 0 Å². The Bertz CT molecular complexity index is 438. The van der Waals surface area contributed by atoms with Crippen molar-refractivity contribution in [2.24, 2.45) is 11.8 Å². The van der Waals surface area contributed by atoms with Crippen molar-refractivity contribution < 1.29 is 38.6 Å². The number of halogens is 1. The summed E-state index contributed by atoms with van der Waals surface area (Å²) >= 11 is 0. The van der Waals surface area contributed by atoms with Gasteiger partial charge in [0.1, 0.15) is 0 Å². The highest BCUT2D eigenvalue weighted by molar-refractivity contribution is 5.77. The Hall–Kier alpha value is -0.440. The van der Waals surface area contributed by atoms with Crippen LogP contribution < -0.4 is 23.5 Å². The Morgan fingerprint density at radius 1 is 1.04 bits per heavy atom. The summed E-state index contributed by atoms with van der Waals surface area (Å²) in [6.07, 6.45) is 8.92. The van der Waals surface area contributed by atoms with Gasteiger partial charge in [0.05, 0.1) is 19.1 Å². The molecule has 132 valence electrons. The number of nitrogens with one attached hydrogen (secondary N) is 1. The van der Waals surface area contributed by atoms with Crippen molar-refractivity contribution in [1.82, 2.24) is 4.90 Å². The SMILES string of the molecule is O=C1CCC[C@@H]2[C@H]3C[C@@H](CN12)[C@H]1CCCC[NH+]1C3.[O-][Cl+3]([O-])([O-])[O-]. The van der Waals surface area contributed by atoms with E-state index in [0.29, 0.717) is 11.9 Å². The molecule has 1 amide bonds. The van der Waals surface area contributed by atoms with E-state index in [1.165, 1.54) is 45.2 Å². The van der Waals surface area contributed by atoms with E-state index in [9.17, 15) is 4.79 Å². The lowest BCUT2D eigenvalue weighted by Crippen LogP contribution is -3.19. The normalized spacial score (nSPS) is 39.7. The molecule has 4 aliphatic rings. The van der Waals surface area contributed by atoms with Crippen LogP contribution in [0, 0.1) is 22.1 Å². The third kappa shape index (κ3) is 4.15. The molecular formula is C15H25ClN2O5. The van der Waals surface area contributed by atoms with Crippen molar-refractivity contribution in [2.75, 3.05) is 19.6 Å². The summed E-state index contributed by atoms with van der Waals surface area (Å²) in [5.74, 6) is 2.09. The molecule has 0 saturated carbocycles. The molecule has 0 aromatic rings. The van der Waals surface area contributed by atoms with E-state index in [0.717, 1.165) is 37.3 Å². The van der Waals surface area contributed by atoms with Crippen LogP contribution in [0.2, 0.25) is 0 Å². The number of hydrogen-bond acceptors (Lipinski definition) is 5. The maximum Gasteiger partial charge on any atom is 0.222 e. The first-order valence-electron chi connectivity index (χ1n) is 8.58. The zero-order chi connectivity index (χ0) is 16.6. The van der Waals surface area contributed by atoms with Gasteiger partial charge in [-0.15, -0.1) is 10.2 Å². The zero-order valence-corrected chi connectivity index (χ0v) is 14.0. The molecule has 4 saturated heterocycles. The van der Waals surface area contributed by atoms with Crippen LogP contribution in [0.1, 0.15) is 44.9 Å². The number of nitrogens with zero attached hydrogens (tertiary/aromatic N) is 1. The first-order valence-corrected chi connectivity index (χ1v) is 9.82. The summed E-state index contributed by atoms with van der Waals surface area (Å²) in [5, 5.41) is 0. The second kappa shape index (κ2) is 6.82. The molecular weight excluding hydrogens is 324 g/mol. The van der Waals surface area contributed by atoms with Gasteiger partial charge in [0, 0.05) is 30.8 Å². The minimum absolute atomic E-state index is 0.459. The Morgan fingerprint density at radius 3 is 2.52 bits per heavy atom. The molecule has 0 aromatic carbocycles. The van der Waals surface area contributed by atoms with Gasteiger partial charge >= 0.3 is 0 Å². The minimum Gasteiger partial charge on any atom is -0.339 e. The first kappa shape index (κ1) is 17.4. The fourth-order valence-electron chi connectivity index (χ4n) is 5.32. The molecule has 0 aliphatic carbocycles. The molecule has 1 N–H and O–H groups in total. The molecule has 0 spiro atoms. The monoisotopic (exact) mass is 348 g/mol. The van der Waals surface area contributed by atoms with E-state index in [1.807, 2.05) is 4.90 Å². The molecule has 4 heterocycles. The largest absolute Gasteiger partial charge is 0.339 e. The van der Waals surface area contributed by atoms with E-state index in [1.54, 1.807) is 0 Å². The molecule has 7 nitrogen and oxygen atoms in total. The fourth-order valence-corrected chi connectivity index (χ4v) is 5.32. The Balaban J connectivity index is 0.000000276. The fraction of sp³-hybridized carbons (Fsp3) is 0.933. The number of piperidine rings is 4. The van der Waals surface area contributed by atoms with Gasteiger partial charge in [0.2, 0.25) is 5.91 Å². The van der Waals surface area contributed by atoms with E-state index in [2.05, 4.69) is 4.90 Å². The Morgan fingerprint density at radius 2 is 1.78 bits per heavy atom. The van der Waals surface area contributed by atoms with Crippen molar-refractivity contribution in [2.45, 2.75) is 57.0 Å². The van der Waals surface area contributed by atoms with Gasteiger partial charge in [-0.25, -0.2) is 18.6 Å². The Labute approximate surface area is 138 Å². The highest BCUT2D eigenvalue weighted by Crippen LogP contribution is 2.37. The zero-order valence-electron chi connectivity index (χ0n) is 13.2. The Kier molecular flexibility index (Phi) is 5.15. The maximum absolute atomic E-state index is 12.1. The second-order valence-electron chi connectivity index (χ2n) is 7.35. The highest BCUT2D eigenvalue weighted by atomic mass is 35.7. The number of carbonyl (C=O) groups excluding carboxylic acids is 1. The van der Waals surface area contributed by atoms with Crippen LogP contribution in [0.5, 0.6) is 0 Å². The van der Waals surface area contributed by atoms with Gasteiger partial charge < -0.3 is 9.80 Å². The van der Waals surface area contributed by atoms with Crippen LogP contribution in [0.15, 0.2) is 0 Å². The van der Waals surface area contributed by atoms with Gasteiger partial charge in [-0.2, -0.15) is 0 Å². The molecule has 0 radical (unpaired) electrons. The molecule has 23 heavy (non-hydrogen) atoms. The highest BCUT2D eigenvalue weighted by Gasteiger charge is 2.50. The predicted octanol–water partition coefficient (Wildman–Crippen LogP) is -4.30. The van der Waals surface area contributed by atoms with Crippen LogP contribution in [0.4, 0.5) is 0 Å². The minimum atomic E-state index is -4.94. The molecule has 0 aromatic heterocycles. The van der Waals surface area contributed by atoms with Crippen LogP contribution in [-0.4, -0.2) is 42.5 Å². The standard InChI is InChI=1S/C15H24N2O.ClHO4/c18-15-6-3-5-14-11-8-12(10-17(14)15)13-4-1-2-7-16(13)9-11;2-1(3,4)5/h11-14H,1-10H2;(H,2,3,4,5)/t11-,12-,13+,14+;/m0./s1. The molecule has 1 unspecified atom stereocenters. The molecule has 5 atom stereocenters. The third-order valence-electron chi connectivity index (χ3n) is 6.07. The predicted molar refractivity (Wildman–Crippen MR) is 69.3 cm³/mol. The number of rotatable bonds is 0. The molecule has 4 fully saturated rings. The van der Waals surface area contributed by atoms with Crippen molar-refractivity contribution >= 4 is 5.91 Å². The third-order valence-corrected chi connectivity index (χ3v) is 6.07. The van der Waals surface area contributed by atoms with Gasteiger partial charge in [0.15, 0.2) is 0 Å². The van der Waals surface area contributed by atoms with Crippen LogP contribution >= 0.6 is 0 Å². The number of carbonyl (C=O) groups is 1. The summed E-state index contributed by atoms with van der Waals surface area (Å²) in [6, 6.07) is 1.49. The van der Waals surface area contributed by atoms with Crippen LogP contribution in [-0.2, 0) is 4.79 Å². The maximum atomic E-state index is 12.1. The summed E-state index contributed by atoms with van der Waals surface area (Å²) in [5.41, 5.74) is 0. The topological polar surface area (TPSA) is 117 Å². The summed E-state index contributed by atoms with van der Waals surface area (Å²) in [4.78, 5) is 16.3. The van der Waals surface area contributed by atoms with Crippen LogP contribution in [0.3, 0.4) is 0 Å². The second-order valence-corrected chi connectivity index (χ2v) is 8.11. The lowest BCUT2D eigenvalue weighted by Gasteiger charge is -2.54. The van der Waals surface area contributed by atoms with Gasteiger partial charge in [-0.05, 0) is 38.5 Å². The van der Waals surface area contributed by atoms with E-state index >= 15 is 0 Å². The summed E-state index contributed by atoms with van der Waals surface area (Å²) in [7, 11) is -4.94. The van der Waals surface area contributed by atoms with Gasteiger partial charge in [-0.1, -0.05) is 0 Å². The summed E-state index contributed by atoms with van der Waals surface area (Å²) < 4.78 is 34.0. The quantitative estimate of drug-likeness (QED) is 0.475. The number of hydrogen-bond donors (Lipinski definition) is 1. The molecule has 2 bridgehead atoms. The molecule has 4 aliphatic heterocycles. The van der Waals surface area contributed by atoms with Crippen molar-refractivity contribution in [3.05, 3.63) is 0 Å². The number of fused-ring (bicyclic) bond motifs is 6.